The van der Waals surface area contributed by atoms with Crippen LogP contribution in [0.2, 0.25) is 0 Å². The molecule has 0 bridgehead atoms. The van der Waals surface area contributed by atoms with E-state index in [2.05, 4.69) is 17.3 Å². The molecule has 1 N–H and O–H groups in total. The van der Waals surface area contributed by atoms with Crippen LogP contribution in [-0.2, 0) is 6.54 Å². The fraction of sp³-hybridized carbons (Fsp3) is 0.357. The predicted molar refractivity (Wildman–Crippen MR) is 72.1 cm³/mol. The number of nitrogens with zero attached hydrogens (tertiary/aromatic N) is 2. The molecule has 0 radical (unpaired) electrons. The summed E-state index contributed by atoms with van der Waals surface area (Å²) in [5.74, 6) is 0.874. The van der Waals surface area contributed by atoms with Gasteiger partial charge in [0.15, 0.2) is 0 Å². The van der Waals surface area contributed by atoms with Gasteiger partial charge in [0.25, 0.3) is 0 Å². The summed E-state index contributed by atoms with van der Waals surface area (Å²) in [6.07, 6.45) is 1.97. The van der Waals surface area contributed by atoms with E-state index in [1.165, 1.54) is 0 Å². The van der Waals surface area contributed by atoms with Crippen molar-refractivity contribution < 1.29 is 4.74 Å². The monoisotopic (exact) mass is 245 g/mol. The molecule has 2 aromatic rings. The third-order valence-corrected chi connectivity index (χ3v) is 2.59. The summed E-state index contributed by atoms with van der Waals surface area (Å²) < 4.78 is 7.36. The van der Waals surface area contributed by atoms with Crippen molar-refractivity contribution in [3.63, 3.8) is 0 Å². The van der Waals surface area contributed by atoms with Crippen molar-refractivity contribution in [3.05, 3.63) is 42.2 Å². The molecule has 96 valence electrons. The number of benzene rings is 1. The Morgan fingerprint density at radius 3 is 2.94 bits per heavy atom. The second kappa shape index (κ2) is 6.21. The van der Waals surface area contributed by atoms with Crippen LogP contribution < -0.4 is 10.1 Å². The van der Waals surface area contributed by atoms with Gasteiger partial charge in [0.2, 0.25) is 0 Å². The third-order valence-electron chi connectivity index (χ3n) is 2.59. The highest BCUT2D eigenvalue weighted by Crippen LogP contribution is 2.16. The Morgan fingerprint density at radius 1 is 1.28 bits per heavy atom. The van der Waals surface area contributed by atoms with E-state index in [0.29, 0.717) is 6.61 Å². The summed E-state index contributed by atoms with van der Waals surface area (Å²) in [4.78, 5) is 0. The normalized spacial score (nSPS) is 10.6. The molecule has 0 saturated heterocycles. The van der Waals surface area contributed by atoms with Crippen LogP contribution >= 0.6 is 0 Å². The van der Waals surface area contributed by atoms with E-state index in [1.807, 2.05) is 48.1 Å². The molecule has 0 aliphatic heterocycles. The van der Waals surface area contributed by atoms with Crippen LogP contribution in [-0.4, -0.2) is 22.9 Å². The smallest absolute Gasteiger partial charge is 0.121 e. The van der Waals surface area contributed by atoms with Gasteiger partial charge in [0.1, 0.15) is 5.75 Å². The first-order valence-electron chi connectivity index (χ1n) is 6.32. The number of nitrogens with one attached hydrogen (secondary N) is 1. The molecular weight excluding hydrogens is 226 g/mol. The second-order valence-electron chi connectivity index (χ2n) is 3.96. The zero-order valence-electron chi connectivity index (χ0n) is 10.9. The molecule has 0 aliphatic carbocycles. The summed E-state index contributed by atoms with van der Waals surface area (Å²) in [5, 5.41) is 7.78. The minimum Gasteiger partial charge on any atom is -0.494 e. The van der Waals surface area contributed by atoms with Crippen molar-refractivity contribution in [3.8, 4) is 11.4 Å². The number of ether oxygens (including phenoxy) is 1. The van der Waals surface area contributed by atoms with Crippen LogP contribution in [0.15, 0.2) is 36.5 Å². The standard InChI is InChI=1S/C14H19N3O/c1-3-15-11-12-8-9-17(16-12)13-6-5-7-14(10-13)18-4-2/h5-10,15H,3-4,11H2,1-2H3. The van der Waals surface area contributed by atoms with Crippen LogP contribution in [0.5, 0.6) is 5.75 Å². The largest absolute Gasteiger partial charge is 0.494 e. The summed E-state index contributed by atoms with van der Waals surface area (Å²) in [5.41, 5.74) is 2.06. The zero-order chi connectivity index (χ0) is 12.8. The molecule has 1 heterocycles. The fourth-order valence-corrected chi connectivity index (χ4v) is 1.74. The summed E-state index contributed by atoms with van der Waals surface area (Å²) in [7, 11) is 0. The molecule has 0 spiro atoms. The molecule has 1 aromatic carbocycles. The lowest BCUT2D eigenvalue weighted by Gasteiger charge is -2.06. The van der Waals surface area contributed by atoms with Crippen molar-refractivity contribution in [2.75, 3.05) is 13.2 Å². The lowest BCUT2D eigenvalue weighted by molar-refractivity contribution is 0.340. The van der Waals surface area contributed by atoms with Gasteiger partial charge >= 0.3 is 0 Å². The first-order chi connectivity index (χ1) is 8.83. The van der Waals surface area contributed by atoms with Gasteiger partial charge in [-0.25, -0.2) is 4.68 Å². The van der Waals surface area contributed by atoms with Crippen LogP contribution in [0, 0.1) is 0 Å². The van der Waals surface area contributed by atoms with Crippen LogP contribution in [0.3, 0.4) is 0 Å². The topological polar surface area (TPSA) is 39.1 Å². The average molecular weight is 245 g/mol. The molecule has 0 unspecified atom stereocenters. The van der Waals surface area contributed by atoms with Gasteiger partial charge in [-0.1, -0.05) is 13.0 Å². The van der Waals surface area contributed by atoms with Gasteiger partial charge in [-0.2, -0.15) is 5.10 Å². The fourth-order valence-electron chi connectivity index (χ4n) is 1.74. The number of rotatable bonds is 6. The highest BCUT2D eigenvalue weighted by molar-refractivity contribution is 5.38. The highest BCUT2D eigenvalue weighted by atomic mass is 16.5. The number of hydrogen-bond donors (Lipinski definition) is 1. The van der Waals surface area contributed by atoms with Gasteiger partial charge in [-0.3, -0.25) is 0 Å². The van der Waals surface area contributed by atoms with E-state index in [0.717, 1.165) is 30.2 Å². The molecule has 0 amide bonds. The molecule has 2 rings (SSSR count). The van der Waals surface area contributed by atoms with E-state index < -0.39 is 0 Å². The van der Waals surface area contributed by atoms with Crippen LogP contribution in [0.25, 0.3) is 5.69 Å². The lowest BCUT2D eigenvalue weighted by Crippen LogP contribution is -2.12. The van der Waals surface area contributed by atoms with Gasteiger partial charge in [0.05, 0.1) is 18.0 Å². The molecule has 0 aliphatic rings. The number of aromatic nitrogens is 2. The molecule has 4 nitrogen and oxygen atoms in total. The molecule has 18 heavy (non-hydrogen) atoms. The Bertz CT molecular complexity index is 493. The van der Waals surface area contributed by atoms with Crippen molar-refractivity contribution >= 4 is 0 Å². The second-order valence-corrected chi connectivity index (χ2v) is 3.96. The summed E-state index contributed by atoms with van der Waals surface area (Å²) >= 11 is 0. The van der Waals surface area contributed by atoms with E-state index in [4.69, 9.17) is 4.74 Å². The van der Waals surface area contributed by atoms with Crippen molar-refractivity contribution in [1.29, 1.82) is 0 Å². The third kappa shape index (κ3) is 3.11. The Balaban J connectivity index is 2.15. The SMILES string of the molecule is CCNCc1ccn(-c2cccc(OCC)c2)n1. The molecule has 1 aromatic heterocycles. The molecular formula is C14H19N3O. The maximum atomic E-state index is 5.49. The van der Waals surface area contributed by atoms with E-state index in [1.54, 1.807) is 0 Å². The highest BCUT2D eigenvalue weighted by Gasteiger charge is 2.02. The van der Waals surface area contributed by atoms with Gasteiger partial charge in [-0.15, -0.1) is 0 Å². The number of hydrogen-bond acceptors (Lipinski definition) is 3. The van der Waals surface area contributed by atoms with E-state index in [-0.39, 0.29) is 0 Å². The summed E-state index contributed by atoms with van der Waals surface area (Å²) in [6, 6.07) is 9.97. The quantitative estimate of drug-likeness (QED) is 0.849. The molecule has 0 fully saturated rings. The molecule has 0 saturated carbocycles. The maximum Gasteiger partial charge on any atom is 0.121 e. The Hall–Kier alpha value is -1.81. The van der Waals surface area contributed by atoms with Crippen LogP contribution in [0.4, 0.5) is 0 Å². The van der Waals surface area contributed by atoms with Crippen molar-refractivity contribution in [2.24, 2.45) is 0 Å². The van der Waals surface area contributed by atoms with Gasteiger partial charge in [0, 0.05) is 18.8 Å². The van der Waals surface area contributed by atoms with Crippen molar-refractivity contribution in [1.82, 2.24) is 15.1 Å². The van der Waals surface area contributed by atoms with E-state index in [9.17, 15) is 0 Å². The zero-order valence-corrected chi connectivity index (χ0v) is 10.9. The van der Waals surface area contributed by atoms with E-state index >= 15 is 0 Å². The first-order valence-corrected chi connectivity index (χ1v) is 6.32. The Labute approximate surface area is 108 Å². The van der Waals surface area contributed by atoms with Crippen LogP contribution in [0.1, 0.15) is 19.5 Å². The molecule has 0 atom stereocenters. The average Bonchev–Trinajstić information content (AvgIpc) is 2.86. The molecule has 4 heteroatoms. The Morgan fingerprint density at radius 2 is 2.17 bits per heavy atom. The first kappa shape index (κ1) is 12.6. The van der Waals surface area contributed by atoms with Crippen molar-refractivity contribution in [2.45, 2.75) is 20.4 Å². The summed E-state index contributed by atoms with van der Waals surface area (Å²) in [6.45, 7) is 6.49. The maximum absolute atomic E-state index is 5.49. The minimum atomic E-state index is 0.675. The van der Waals surface area contributed by atoms with Gasteiger partial charge < -0.3 is 10.1 Å². The lowest BCUT2D eigenvalue weighted by atomic mass is 10.3. The predicted octanol–water partition coefficient (Wildman–Crippen LogP) is 2.38. The Kier molecular flexibility index (Phi) is 4.36. The van der Waals surface area contributed by atoms with Gasteiger partial charge in [-0.05, 0) is 31.7 Å². The minimum absolute atomic E-state index is 0.675.